The van der Waals surface area contributed by atoms with Crippen molar-refractivity contribution < 1.29 is 9.53 Å². The fraction of sp³-hybridized carbons (Fsp3) is 0.348. The maximum Gasteiger partial charge on any atom is 0.233 e. The summed E-state index contributed by atoms with van der Waals surface area (Å²) >= 11 is 1.42. The zero-order chi connectivity index (χ0) is 21.6. The Bertz CT molecular complexity index is 1030. The summed E-state index contributed by atoms with van der Waals surface area (Å²) in [5.74, 6) is 1.23. The molecular formula is C23H27N5O2S. The summed E-state index contributed by atoms with van der Waals surface area (Å²) in [7, 11) is 0. The van der Waals surface area contributed by atoms with E-state index in [9.17, 15) is 4.79 Å². The topological polar surface area (TPSA) is 72.3 Å². The molecule has 1 fully saturated rings. The van der Waals surface area contributed by atoms with Crippen LogP contribution in [0.1, 0.15) is 17.0 Å². The van der Waals surface area contributed by atoms with Crippen LogP contribution in [0, 0.1) is 13.8 Å². The first-order valence-electron chi connectivity index (χ1n) is 10.4. The van der Waals surface area contributed by atoms with Gasteiger partial charge in [-0.05, 0) is 37.6 Å². The van der Waals surface area contributed by atoms with Gasteiger partial charge in [-0.3, -0.25) is 9.36 Å². The molecule has 0 saturated carbocycles. The number of thioether (sulfide) groups is 1. The molecule has 1 aromatic heterocycles. The Morgan fingerprint density at radius 2 is 1.87 bits per heavy atom. The Morgan fingerprint density at radius 3 is 2.61 bits per heavy atom. The molecular weight excluding hydrogens is 410 g/mol. The molecule has 0 spiro atoms. The van der Waals surface area contributed by atoms with Crippen LogP contribution in [0.4, 0.5) is 5.69 Å². The van der Waals surface area contributed by atoms with Gasteiger partial charge in [0.05, 0.1) is 25.5 Å². The number of hydrogen-bond donors (Lipinski definition) is 1. The van der Waals surface area contributed by atoms with E-state index < -0.39 is 0 Å². The fourth-order valence-electron chi connectivity index (χ4n) is 3.56. The van der Waals surface area contributed by atoms with Crippen LogP contribution >= 0.6 is 11.8 Å². The number of aryl methyl sites for hydroxylation is 2. The van der Waals surface area contributed by atoms with E-state index in [0.29, 0.717) is 43.8 Å². The molecule has 1 aliphatic heterocycles. The molecule has 7 nitrogen and oxygen atoms in total. The minimum atomic E-state index is 0.103. The van der Waals surface area contributed by atoms with E-state index in [1.165, 1.54) is 22.9 Å². The maximum absolute atomic E-state index is 12.6. The Balaban J connectivity index is 1.52. The van der Waals surface area contributed by atoms with Gasteiger partial charge in [-0.25, -0.2) is 0 Å². The first-order chi connectivity index (χ1) is 15.1. The normalized spacial score (nSPS) is 13.9. The zero-order valence-corrected chi connectivity index (χ0v) is 18.7. The van der Waals surface area contributed by atoms with E-state index in [4.69, 9.17) is 4.74 Å². The number of carbonyl (C=O) groups excluding carboxylic acids is 1. The lowest BCUT2D eigenvalue weighted by Crippen LogP contribution is -2.41. The van der Waals surface area contributed by atoms with Crippen LogP contribution < -0.4 is 5.32 Å². The van der Waals surface area contributed by atoms with E-state index in [1.54, 1.807) is 0 Å². The molecule has 2 heterocycles. The molecule has 1 amide bonds. The van der Waals surface area contributed by atoms with Gasteiger partial charge in [0.2, 0.25) is 5.91 Å². The summed E-state index contributed by atoms with van der Waals surface area (Å²) in [5, 5.41) is 13.0. The number of hydrogen-bond acceptors (Lipinski definition) is 6. The number of carbonyl (C=O) groups is 1. The number of nitrogens with zero attached hydrogens (tertiary/aromatic N) is 4. The number of morpholine rings is 1. The van der Waals surface area contributed by atoms with E-state index in [1.807, 2.05) is 39.8 Å². The van der Waals surface area contributed by atoms with Gasteiger partial charge >= 0.3 is 0 Å². The van der Waals surface area contributed by atoms with Gasteiger partial charge in [0.15, 0.2) is 11.0 Å². The van der Waals surface area contributed by atoms with Crippen LogP contribution in [-0.2, 0) is 16.1 Å². The number of rotatable bonds is 7. The predicted molar refractivity (Wildman–Crippen MR) is 123 cm³/mol. The van der Waals surface area contributed by atoms with Crippen molar-refractivity contribution in [2.45, 2.75) is 25.5 Å². The van der Waals surface area contributed by atoms with E-state index >= 15 is 0 Å². The third kappa shape index (κ3) is 5.26. The fourth-order valence-corrected chi connectivity index (χ4v) is 4.43. The quantitative estimate of drug-likeness (QED) is 0.571. The summed E-state index contributed by atoms with van der Waals surface area (Å²) in [6.45, 7) is 7.21. The number of ether oxygens (including phenoxy) is 1. The molecule has 4 rings (SSSR count). The van der Waals surface area contributed by atoms with Gasteiger partial charge in [-0.15, -0.1) is 10.2 Å². The second-order valence-electron chi connectivity index (χ2n) is 7.52. The molecule has 0 bridgehead atoms. The number of anilines is 1. The second-order valence-corrected chi connectivity index (χ2v) is 8.47. The van der Waals surface area contributed by atoms with Crippen LogP contribution in [0.15, 0.2) is 53.7 Å². The van der Waals surface area contributed by atoms with E-state index in [2.05, 4.69) is 47.6 Å². The monoisotopic (exact) mass is 437 g/mol. The SMILES string of the molecule is Cc1ccc(NCc2nnc(SCC(=O)N3CCOCC3)n2-c2ccccc2)c(C)c1. The summed E-state index contributed by atoms with van der Waals surface area (Å²) in [6.07, 6.45) is 0. The summed E-state index contributed by atoms with van der Waals surface area (Å²) in [5.41, 5.74) is 4.48. The van der Waals surface area contributed by atoms with Gasteiger partial charge in [-0.1, -0.05) is 47.7 Å². The van der Waals surface area contributed by atoms with Crippen molar-refractivity contribution in [3.8, 4) is 5.69 Å². The van der Waals surface area contributed by atoms with Crippen LogP contribution in [0.2, 0.25) is 0 Å². The molecule has 0 aliphatic carbocycles. The molecule has 2 aromatic carbocycles. The van der Waals surface area contributed by atoms with Crippen molar-refractivity contribution in [3.05, 3.63) is 65.5 Å². The van der Waals surface area contributed by atoms with Crippen LogP contribution in [0.3, 0.4) is 0 Å². The number of nitrogens with one attached hydrogen (secondary N) is 1. The van der Waals surface area contributed by atoms with Gasteiger partial charge in [0.1, 0.15) is 0 Å². The van der Waals surface area contributed by atoms with E-state index in [-0.39, 0.29) is 5.91 Å². The second kappa shape index (κ2) is 9.98. The molecule has 3 aromatic rings. The molecule has 31 heavy (non-hydrogen) atoms. The van der Waals surface area contributed by atoms with E-state index in [0.717, 1.165) is 17.2 Å². The lowest BCUT2D eigenvalue weighted by atomic mass is 10.1. The third-order valence-corrected chi connectivity index (χ3v) is 6.14. The highest BCUT2D eigenvalue weighted by Crippen LogP contribution is 2.24. The lowest BCUT2D eigenvalue weighted by Gasteiger charge is -2.26. The highest BCUT2D eigenvalue weighted by Gasteiger charge is 2.20. The molecule has 1 N–H and O–H groups in total. The van der Waals surface area contributed by atoms with Gasteiger partial charge in [0.25, 0.3) is 0 Å². The van der Waals surface area contributed by atoms with Gasteiger partial charge in [0, 0.05) is 24.5 Å². The Hall–Kier alpha value is -2.84. The molecule has 0 radical (unpaired) electrons. The van der Waals surface area contributed by atoms with Crippen molar-refractivity contribution in [2.24, 2.45) is 0 Å². The molecule has 0 unspecified atom stereocenters. The van der Waals surface area contributed by atoms with Gasteiger partial charge in [-0.2, -0.15) is 0 Å². The first-order valence-corrected chi connectivity index (χ1v) is 11.4. The minimum Gasteiger partial charge on any atom is -0.378 e. The lowest BCUT2D eigenvalue weighted by molar-refractivity contribution is -0.132. The third-order valence-electron chi connectivity index (χ3n) is 5.22. The van der Waals surface area contributed by atoms with Crippen molar-refractivity contribution in [1.29, 1.82) is 0 Å². The largest absolute Gasteiger partial charge is 0.378 e. The standard InChI is InChI=1S/C23H27N5O2S/c1-17-8-9-20(18(2)14-17)24-15-21-25-26-23(28(21)19-6-4-3-5-7-19)31-16-22(29)27-10-12-30-13-11-27/h3-9,14,24H,10-13,15-16H2,1-2H3. The molecule has 1 aliphatic rings. The van der Waals surface area contributed by atoms with Crippen LogP contribution in [0.5, 0.6) is 0 Å². The van der Waals surface area contributed by atoms with Crippen LogP contribution in [0.25, 0.3) is 5.69 Å². The Kier molecular flexibility index (Phi) is 6.89. The average Bonchev–Trinajstić information content (AvgIpc) is 3.21. The average molecular weight is 438 g/mol. The summed E-state index contributed by atoms with van der Waals surface area (Å²) < 4.78 is 7.36. The number of para-hydroxylation sites is 1. The number of benzene rings is 2. The number of aromatic nitrogens is 3. The van der Waals surface area contributed by atoms with Crippen molar-refractivity contribution in [2.75, 3.05) is 37.4 Å². The molecule has 1 saturated heterocycles. The molecule has 8 heteroatoms. The minimum absolute atomic E-state index is 0.103. The zero-order valence-electron chi connectivity index (χ0n) is 17.9. The number of amides is 1. The highest BCUT2D eigenvalue weighted by atomic mass is 32.2. The first kappa shape index (κ1) is 21.4. The molecule has 0 atom stereocenters. The summed E-state index contributed by atoms with van der Waals surface area (Å²) in [6, 6.07) is 16.4. The Morgan fingerprint density at radius 1 is 1.10 bits per heavy atom. The van der Waals surface area contributed by atoms with Crippen molar-refractivity contribution in [3.63, 3.8) is 0 Å². The van der Waals surface area contributed by atoms with Crippen LogP contribution in [-0.4, -0.2) is 57.6 Å². The Labute approximate surface area is 186 Å². The van der Waals surface area contributed by atoms with Crippen molar-refractivity contribution >= 4 is 23.4 Å². The predicted octanol–water partition coefficient (Wildman–Crippen LogP) is 3.45. The van der Waals surface area contributed by atoms with Gasteiger partial charge < -0.3 is 15.0 Å². The molecule has 162 valence electrons. The highest BCUT2D eigenvalue weighted by molar-refractivity contribution is 7.99. The van der Waals surface area contributed by atoms with Crippen molar-refractivity contribution in [1.82, 2.24) is 19.7 Å². The maximum atomic E-state index is 12.6. The summed E-state index contributed by atoms with van der Waals surface area (Å²) in [4.78, 5) is 14.4. The smallest absolute Gasteiger partial charge is 0.233 e.